The van der Waals surface area contributed by atoms with E-state index in [-0.39, 0.29) is 12.2 Å². The van der Waals surface area contributed by atoms with E-state index in [0.717, 1.165) is 11.1 Å². The quantitative estimate of drug-likeness (QED) is 0.850. The Morgan fingerprint density at radius 1 is 0.952 bits per heavy atom. The summed E-state index contributed by atoms with van der Waals surface area (Å²) in [5.41, 5.74) is 7.02. The van der Waals surface area contributed by atoms with Crippen molar-refractivity contribution in [2.45, 2.75) is 12.2 Å². The van der Waals surface area contributed by atoms with Crippen LogP contribution in [0.2, 0.25) is 0 Å². The Morgan fingerprint density at radius 2 is 1.57 bits per heavy atom. The summed E-state index contributed by atoms with van der Waals surface area (Å²) in [6, 6.07) is 15.5. The van der Waals surface area contributed by atoms with Gasteiger partial charge in [0.05, 0.1) is 12.2 Å². The smallest absolute Gasteiger partial charge is 0.236 e. The van der Waals surface area contributed by atoms with E-state index < -0.39 is 15.9 Å². The van der Waals surface area contributed by atoms with Crippen molar-refractivity contribution in [2.24, 2.45) is 5.73 Å². The average molecular weight is 304 g/mol. The molecule has 0 aliphatic rings. The van der Waals surface area contributed by atoms with Crippen LogP contribution < -0.4 is 10.5 Å². The molecule has 0 bridgehead atoms. The van der Waals surface area contributed by atoms with Gasteiger partial charge in [0.1, 0.15) is 0 Å². The number of carbonyl (C=O) groups excluding carboxylic acids is 1. The van der Waals surface area contributed by atoms with E-state index in [2.05, 4.69) is 4.72 Å². The molecule has 0 aliphatic carbocycles. The Morgan fingerprint density at radius 3 is 2.14 bits per heavy atom. The van der Waals surface area contributed by atoms with E-state index >= 15 is 0 Å². The molecule has 0 aromatic heterocycles. The lowest BCUT2D eigenvalue weighted by Crippen LogP contribution is -2.15. The molecule has 0 radical (unpaired) electrons. The number of hydrogen-bond donors (Lipinski definition) is 2. The van der Waals surface area contributed by atoms with Crippen molar-refractivity contribution in [3.8, 4) is 0 Å². The number of rotatable bonds is 6. The molecule has 0 saturated heterocycles. The van der Waals surface area contributed by atoms with Gasteiger partial charge in [0, 0.05) is 5.69 Å². The molecule has 1 amide bonds. The molecule has 110 valence electrons. The molecule has 0 spiro atoms. The maximum Gasteiger partial charge on any atom is 0.236 e. The van der Waals surface area contributed by atoms with Gasteiger partial charge in [0.2, 0.25) is 15.9 Å². The molecule has 5 nitrogen and oxygen atoms in total. The van der Waals surface area contributed by atoms with Gasteiger partial charge in [0.25, 0.3) is 0 Å². The molecular weight excluding hydrogens is 288 g/mol. The fourth-order valence-electron chi connectivity index (χ4n) is 1.90. The molecule has 0 heterocycles. The summed E-state index contributed by atoms with van der Waals surface area (Å²) in [5.74, 6) is -0.510. The largest absolute Gasteiger partial charge is 0.369 e. The maximum atomic E-state index is 12.0. The minimum absolute atomic E-state index is 0.0864. The zero-order chi connectivity index (χ0) is 15.3. The number of amides is 1. The zero-order valence-electron chi connectivity index (χ0n) is 11.3. The van der Waals surface area contributed by atoms with Crippen molar-refractivity contribution >= 4 is 21.6 Å². The maximum absolute atomic E-state index is 12.0. The minimum atomic E-state index is -3.47. The first-order chi connectivity index (χ1) is 9.94. The summed E-state index contributed by atoms with van der Waals surface area (Å²) in [6.07, 6.45) is 0.136. The third-order valence-electron chi connectivity index (χ3n) is 2.81. The van der Waals surface area contributed by atoms with Gasteiger partial charge >= 0.3 is 0 Å². The third-order valence-corrected chi connectivity index (χ3v) is 4.07. The van der Waals surface area contributed by atoms with Gasteiger partial charge in [-0.25, -0.2) is 8.42 Å². The SMILES string of the molecule is NC(=O)Cc1ccc(NS(=O)(=O)Cc2ccccc2)cc1. The lowest BCUT2D eigenvalue weighted by atomic mass is 10.1. The van der Waals surface area contributed by atoms with Crippen LogP contribution in [0.3, 0.4) is 0 Å². The van der Waals surface area contributed by atoms with Crippen LogP contribution in [0.1, 0.15) is 11.1 Å². The predicted octanol–water partition coefficient (Wildman–Crippen LogP) is 1.66. The molecule has 2 aromatic carbocycles. The van der Waals surface area contributed by atoms with Gasteiger partial charge in [-0.15, -0.1) is 0 Å². The normalized spacial score (nSPS) is 11.0. The minimum Gasteiger partial charge on any atom is -0.369 e. The second-order valence-electron chi connectivity index (χ2n) is 4.69. The van der Waals surface area contributed by atoms with Gasteiger partial charge in [0.15, 0.2) is 0 Å². The highest BCUT2D eigenvalue weighted by atomic mass is 32.2. The predicted molar refractivity (Wildman–Crippen MR) is 82.0 cm³/mol. The monoisotopic (exact) mass is 304 g/mol. The molecule has 0 aliphatic heterocycles. The summed E-state index contributed by atoms with van der Waals surface area (Å²) >= 11 is 0. The van der Waals surface area contributed by atoms with E-state index in [4.69, 9.17) is 5.73 Å². The van der Waals surface area contributed by atoms with Crippen molar-refractivity contribution in [3.63, 3.8) is 0 Å². The summed E-state index contributed by atoms with van der Waals surface area (Å²) < 4.78 is 26.6. The lowest BCUT2D eigenvalue weighted by molar-refractivity contribution is -0.117. The Kier molecular flexibility index (Phi) is 4.59. The van der Waals surface area contributed by atoms with Crippen molar-refractivity contribution in [2.75, 3.05) is 4.72 Å². The van der Waals surface area contributed by atoms with Crippen LogP contribution >= 0.6 is 0 Å². The van der Waals surface area contributed by atoms with Crippen molar-refractivity contribution < 1.29 is 13.2 Å². The van der Waals surface area contributed by atoms with Crippen LogP contribution in [-0.2, 0) is 27.0 Å². The number of primary amides is 1. The van der Waals surface area contributed by atoms with E-state index in [9.17, 15) is 13.2 Å². The fourth-order valence-corrected chi connectivity index (χ4v) is 3.10. The topological polar surface area (TPSA) is 89.3 Å². The fraction of sp³-hybridized carbons (Fsp3) is 0.133. The number of hydrogen-bond acceptors (Lipinski definition) is 3. The van der Waals surface area contributed by atoms with Crippen LogP contribution in [-0.4, -0.2) is 14.3 Å². The van der Waals surface area contributed by atoms with E-state index in [1.54, 1.807) is 48.5 Å². The molecule has 0 fully saturated rings. The highest BCUT2D eigenvalue weighted by Gasteiger charge is 2.11. The van der Waals surface area contributed by atoms with Crippen LogP contribution in [0.4, 0.5) is 5.69 Å². The van der Waals surface area contributed by atoms with Gasteiger partial charge < -0.3 is 5.73 Å². The zero-order valence-corrected chi connectivity index (χ0v) is 12.1. The standard InChI is InChI=1S/C15H16N2O3S/c16-15(18)10-12-6-8-14(9-7-12)17-21(19,20)11-13-4-2-1-3-5-13/h1-9,17H,10-11H2,(H2,16,18). The molecule has 6 heteroatoms. The van der Waals surface area contributed by atoms with Crippen LogP contribution in [0.15, 0.2) is 54.6 Å². The van der Waals surface area contributed by atoms with Gasteiger partial charge in [-0.1, -0.05) is 42.5 Å². The number of anilines is 1. The van der Waals surface area contributed by atoms with E-state index in [0.29, 0.717) is 5.69 Å². The third kappa shape index (κ3) is 4.92. The summed E-state index contributed by atoms with van der Waals surface area (Å²) in [4.78, 5) is 10.8. The van der Waals surface area contributed by atoms with Crippen LogP contribution in [0, 0.1) is 0 Å². The van der Waals surface area contributed by atoms with Crippen molar-refractivity contribution in [1.82, 2.24) is 0 Å². The van der Waals surface area contributed by atoms with Gasteiger partial charge in [-0.05, 0) is 23.3 Å². The summed E-state index contributed by atoms with van der Waals surface area (Å²) in [6.45, 7) is 0. The summed E-state index contributed by atoms with van der Waals surface area (Å²) in [7, 11) is -3.47. The molecular formula is C15H16N2O3S. The number of nitrogens with two attached hydrogens (primary N) is 1. The molecule has 0 atom stereocenters. The summed E-state index contributed by atoms with van der Waals surface area (Å²) in [5, 5.41) is 0. The highest BCUT2D eigenvalue weighted by Crippen LogP contribution is 2.14. The number of sulfonamides is 1. The molecule has 0 unspecified atom stereocenters. The second-order valence-corrected chi connectivity index (χ2v) is 6.41. The molecule has 21 heavy (non-hydrogen) atoms. The molecule has 2 aromatic rings. The Hall–Kier alpha value is -2.34. The van der Waals surface area contributed by atoms with Crippen molar-refractivity contribution in [1.29, 1.82) is 0 Å². The Labute approximate surface area is 123 Å². The molecule has 2 rings (SSSR count). The van der Waals surface area contributed by atoms with E-state index in [1.165, 1.54) is 0 Å². The lowest BCUT2D eigenvalue weighted by Gasteiger charge is -2.08. The molecule has 3 N–H and O–H groups in total. The molecule has 0 saturated carbocycles. The first-order valence-corrected chi connectivity index (χ1v) is 8.01. The van der Waals surface area contributed by atoms with Gasteiger partial charge in [-0.3, -0.25) is 9.52 Å². The van der Waals surface area contributed by atoms with Crippen molar-refractivity contribution in [3.05, 3.63) is 65.7 Å². The first kappa shape index (κ1) is 15.1. The number of carbonyl (C=O) groups is 1. The Bertz CT molecular complexity index is 710. The number of nitrogens with one attached hydrogen (secondary N) is 1. The van der Waals surface area contributed by atoms with Crippen LogP contribution in [0.25, 0.3) is 0 Å². The van der Waals surface area contributed by atoms with Crippen LogP contribution in [0.5, 0.6) is 0 Å². The number of benzene rings is 2. The highest BCUT2D eigenvalue weighted by molar-refractivity contribution is 7.91. The second kappa shape index (κ2) is 6.41. The van der Waals surface area contributed by atoms with Gasteiger partial charge in [-0.2, -0.15) is 0 Å². The average Bonchev–Trinajstić information content (AvgIpc) is 2.40. The first-order valence-electron chi connectivity index (χ1n) is 6.36. The van der Waals surface area contributed by atoms with E-state index in [1.807, 2.05) is 6.07 Å². The Balaban J connectivity index is 2.05.